The Morgan fingerprint density at radius 3 is 2.73 bits per heavy atom. The molecule has 1 rings (SSSR count). The molecule has 0 saturated carbocycles. The van der Waals surface area contributed by atoms with Crippen molar-refractivity contribution < 1.29 is 9.47 Å². The van der Waals surface area contributed by atoms with Gasteiger partial charge in [-0.3, -0.25) is 0 Å². The van der Waals surface area contributed by atoms with Crippen molar-refractivity contribution >= 4 is 17.4 Å². The fourth-order valence-electron chi connectivity index (χ4n) is 1.23. The van der Waals surface area contributed by atoms with Gasteiger partial charge in [-0.2, -0.15) is 0 Å². The van der Waals surface area contributed by atoms with Crippen LogP contribution in [-0.4, -0.2) is 26.1 Å². The topological polar surface area (TPSA) is 44.5 Å². The van der Waals surface area contributed by atoms with Crippen LogP contribution in [0.15, 0.2) is 23.1 Å². The van der Waals surface area contributed by atoms with Crippen molar-refractivity contribution in [3.8, 4) is 5.75 Å². The quantitative estimate of drug-likeness (QED) is 0.619. The van der Waals surface area contributed by atoms with Crippen molar-refractivity contribution in [2.45, 2.75) is 17.1 Å². The highest BCUT2D eigenvalue weighted by atomic mass is 32.2. The van der Waals surface area contributed by atoms with E-state index in [9.17, 15) is 0 Å². The molecule has 1 unspecified atom stereocenters. The number of ether oxygens (including phenoxy) is 2. The molecule has 0 bridgehead atoms. The van der Waals surface area contributed by atoms with Crippen molar-refractivity contribution in [3.05, 3.63) is 18.2 Å². The van der Waals surface area contributed by atoms with E-state index < -0.39 is 0 Å². The first-order valence-corrected chi connectivity index (χ1v) is 5.64. The molecule has 0 aromatic heterocycles. The lowest BCUT2D eigenvalue weighted by atomic mass is 10.3. The first-order valence-electron chi connectivity index (χ1n) is 4.76. The summed E-state index contributed by atoms with van der Waals surface area (Å²) in [4.78, 5) is 1.04. The largest absolute Gasteiger partial charge is 0.497 e. The molecule has 2 N–H and O–H groups in total. The molecule has 0 radical (unpaired) electrons. The predicted molar refractivity (Wildman–Crippen MR) is 64.6 cm³/mol. The van der Waals surface area contributed by atoms with E-state index in [2.05, 4.69) is 6.92 Å². The minimum atomic E-state index is 0.379. The first-order chi connectivity index (χ1) is 7.17. The minimum absolute atomic E-state index is 0.379. The van der Waals surface area contributed by atoms with Crippen LogP contribution in [0.25, 0.3) is 0 Å². The maximum Gasteiger partial charge on any atom is 0.120 e. The smallest absolute Gasteiger partial charge is 0.120 e. The van der Waals surface area contributed by atoms with Crippen molar-refractivity contribution in [1.82, 2.24) is 0 Å². The van der Waals surface area contributed by atoms with Gasteiger partial charge in [-0.25, -0.2) is 0 Å². The third kappa shape index (κ3) is 3.64. The zero-order valence-corrected chi connectivity index (χ0v) is 10.1. The standard InChI is InChI=1S/C11H17NO2S/c1-8(7-13-2)15-11-6-9(14-3)4-5-10(11)12/h4-6,8H,7,12H2,1-3H3. The number of hydrogen-bond donors (Lipinski definition) is 1. The van der Waals surface area contributed by atoms with Gasteiger partial charge >= 0.3 is 0 Å². The Hall–Kier alpha value is -0.870. The van der Waals surface area contributed by atoms with Gasteiger partial charge in [0.15, 0.2) is 0 Å². The summed E-state index contributed by atoms with van der Waals surface area (Å²) in [6.07, 6.45) is 0. The second-order valence-electron chi connectivity index (χ2n) is 3.29. The van der Waals surface area contributed by atoms with Crippen LogP contribution in [0.2, 0.25) is 0 Å². The van der Waals surface area contributed by atoms with E-state index in [0.717, 1.165) is 16.3 Å². The highest BCUT2D eigenvalue weighted by Crippen LogP contribution is 2.31. The molecule has 1 atom stereocenters. The van der Waals surface area contributed by atoms with Gasteiger partial charge in [0.1, 0.15) is 5.75 Å². The molecular formula is C11H17NO2S. The Bertz CT molecular complexity index is 317. The third-order valence-electron chi connectivity index (χ3n) is 1.95. The molecule has 15 heavy (non-hydrogen) atoms. The Morgan fingerprint density at radius 2 is 2.13 bits per heavy atom. The Labute approximate surface area is 94.9 Å². The van der Waals surface area contributed by atoms with Gasteiger partial charge < -0.3 is 15.2 Å². The zero-order chi connectivity index (χ0) is 11.3. The van der Waals surface area contributed by atoms with E-state index in [0.29, 0.717) is 11.9 Å². The van der Waals surface area contributed by atoms with Crippen molar-refractivity contribution in [2.24, 2.45) is 0 Å². The maximum absolute atomic E-state index is 5.87. The molecule has 0 aliphatic heterocycles. The van der Waals surface area contributed by atoms with Gasteiger partial charge in [0.25, 0.3) is 0 Å². The number of rotatable bonds is 5. The average Bonchev–Trinajstić information content (AvgIpc) is 2.21. The maximum atomic E-state index is 5.87. The summed E-state index contributed by atoms with van der Waals surface area (Å²) in [6.45, 7) is 2.81. The normalized spacial score (nSPS) is 12.5. The second kappa shape index (κ2) is 5.88. The lowest BCUT2D eigenvalue weighted by Crippen LogP contribution is -2.05. The van der Waals surface area contributed by atoms with E-state index in [-0.39, 0.29) is 0 Å². The molecule has 0 aliphatic rings. The summed E-state index contributed by atoms with van der Waals surface area (Å²) in [5.74, 6) is 0.830. The summed E-state index contributed by atoms with van der Waals surface area (Å²) in [7, 11) is 3.35. The van der Waals surface area contributed by atoms with Crippen LogP contribution in [0.5, 0.6) is 5.75 Å². The van der Waals surface area contributed by atoms with Gasteiger partial charge in [0.05, 0.1) is 13.7 Å². The summed E-state index contributed by atoms with van der Waals surface area (Å²) in [5, 5.41) is 0.379. The fourth-order valence-corrected chi connectivity index (χ4v) is 2.26. The lowest BCUT2D eigenvalue weighted by molar-refractivity contribution is 0.203. The van der Waals surface area contributed by atoms with Gasteiger partial charge in [0.2, 0.25) is 0 Å². The molecule has 4 heteroatoms. The molecule has 1 aromatic carbocycles. The number of hydrogen-bond acceptors (Lipinski definition) is 4. The molecule has 0 fully saturated rings. The summed E-state index contributed by atoms with van der Waals surface area (Å²) < 4.78 is 10.2. The van der Waals surface area contributed by atoms with Crippen LogP contribution < -0.4 is 10.5 Å². The van der Waals surface area contributed by atoms with Crippen LogP contribution >= 0.6 is 11.8 Å². The predicted octanol–water partition coefficient (Wildman–Crippen LogP) is 2.40. The first kappa shape index (κ1) is 12.2. The molecule has 3 nitrogen and oxygen atoms in total. The molecule has 0 amide bonds. The van der Waals surface area contributed by atoms with Crippen LogP contribution in [0.4, 0.5) is 5.69 Å². The monoisotopic (exact) mass is 227 g/mol. The number of methoxy groups -OCH3 is 2. The van der Waals surface area contributed by atoms with Gasteiger partial charge in [-0.1, -0.05) is 6.92 Å². The number of thioether (sulfide) groups is 1. The van der Waals surface area contributed by atoms with Gasteiger partial charge in [0, 0.05) is 22.9 Å². The number of anilines is 1. The van der Waals surface area contributed by atoms with Crippen LogP contribution in [0, 0.1) is 0 Å². The van der Waals surface area contributed by atoms with Crippen LogP contribution in [0.1, 0.15) is 6.92 Å². The highest BCUT2D eigenvalue weighted by molar-refractivity contribution is 8.00. The fraction of sp³-hybridized carbons (Fsp3) is 0.455. The van der Waals surface area contributed by atoms with Crippen molar-refractivity contribution in [2.75, 3.05) is 26.6 Å². The van der Waals surface area contributed by atoms with E-state index in [4.69, 9.17) is 15.2 Å². The number of nitrogen functional groups attached to an aromatic ring is 1. The Balaban J connectivity index is 2.74. The van der Waals surface area contributed by atoms with E-state index in [1.807, 2.05) is 18.2 Å². The molecule has 0 heterocycles. The summed E-state index contributed by atoms with van der Waals surface area (Å²) >= 11 is 1.69. The average molecular weight is 227 g/mol. The van der Waals surface area contributed by atoms with Crippen LogP contribution in [0.3, 0.4) is 0 Å². The molecule has 0 spiro atoms. The molecule has 0 aliphatic carbocycles. The lowest BCUT2D eigenvalue weighted by Gasteiger charge is -2.12. The summed E-state index contributed by atoms with van der Waals surface area (Å²) in [5.41, 5.74) is 6.65. The van der Waals surface area contributed by atoms with Crippen molar-refractivity contribution in [1.29, 1.82) is 0 Å². The molecule has 0 saturated heterocycles. The third-order valence-corrected chi connectivity index (χ3v) is 3.10. The van der Waals surface area contributed by atoms with E-state index >= 15 is 0 Å². The number of nitrogens with two attached hydrogens (primary N) is 1. The zero-order valence-electron chi connectivity index (χ0n) is 9.32. The SMILES string of the molecule is COCC(C)Sc1cc(OC)ccc1N. The Kier molecular flexibility index (Phi) is 4.78. The number of benzene rings is 1. The van der Waals surface area contributed by atoms with E-state index in [1.54, 1.807) is 26.0 Å². The van der Waals surface area contributed by atoms with Gasteiger partial charge in [-0.05, 0) is 18.2 Å². The van der Waals surface area contributed by atoms with Crippen molar-refractivity contribution in [3.63, 3.8) is 0 Å². The minimum Gasteiger partial charge on any atom is -0.497 e. The second-order valence-corrected chi connectivity index (χ2v) is 4.77. The molecular weight excluding hydrogens is 210 g/mol. The Morgan fingerprint density at radius 1 is 1.40 bits per heavy atom. The van der Waals surface area contributed by atoms with Crippen LogP contribution in [-0.2, 0) is 4.74 Å². The molecule has 84 valence electrons. The highest BCUT2D eigenvalue weighted by Gasteiger charge is 2.07. The van der Waals surface area contributed by atoms with Gasteiger partial charge in [-0.15, -0.1) is 11.8 Å². The van der Waals surface area contributed by atoms with E-state index in [1.165, 1.54) is 0 Å². The molecule has 1 aromatic rings. The summed E-state index contributed by atoms with van der Waals surface area (Å²) in [6, 6.07) is 5.67.